The number of hydrogen-bond acceptors (Lipinski definition) is 3. The first kappa shape index (κ1) is 18.6. The number of benzene rings is 2. The molecule has 3 aromatic rings. The smallest absolute Gasteiger partial charge is 0.255 e. The molecule has 1 heterocycles. The lowest BCUT2D eigenvalue weighted by molar-refractivity contribution is 0.102. The molecule has 4 heteroatoms. The first-order valence-corrected chi connectivity index (χ1v) is 9.33. The Bertz CT molecular complexity index is 893. The number of pyridine rings is 1. The van der Waals surface area contributed by atoms with Crippen LogP contribution in [-0.4, -0.2) is 17.4 Å². The fourth-order valence-corrected chi connectivity index (χ4v) is 2.98. The van der Waals surface area contributed by atoms with Gasteiger partial charge in [-0.05, 0) is 55.8 Å². The number of anilines is 3. The third-order valence-electron chi connectivity index (χ3n) is 4.39. The van der Waals surface area contributed by atoms with Gasteiger partial charge in [-0.1, -0.05) is 37.1 Å². The van der Waals surface area contributed by atoms with Gasteiger partial charge >= 0.3 is 0 Å². The molecule has 0 saturated heterocycles. The summed E-state index contributed by atoms with van der Waals surface area (Å²) < 4.78 is 0. The number of carbonyl (C=O) groups is 1. The number of aromatic nitrogens is 1. The van der Waals surface area contributed by atoms with Crippen LogP contribution in [0.5, 0.6) is 0 Å². The molecule has 1 aromatic heterocycles. The zero-order valence-corrected chi connectivity index (χ0v) is 15.9. The van der Waals surface area contributed by atoms with Gasteiger partial charge in [-0.15, -0.1) is 0 Å². The molecule has 3 rings (SSSR count). The lowest BCUT2D eigenvalue weighted by Gasteiger charge is -2.25. The molecule has 1 N–H and O–H groups in total. The molecule has 2 aromatic carbocycles. The molecule has 27 heavy (non-hydrogen) atoms. The van der Waals surface area contributed by atoms with E-state index in [1.165, 1.54) is 0 Å². The van der Waals surface area contributed by atoms with E-state index in [1.807, 2.05) is 61.7 Å². The summed E-state index contributed by atoms with van der Waals surface area (Å²) in [6, 6.07) is 19.6. The minimum atomic E-state index is -0.0997. The summed E-state index contributed by atoms with van der Waals surface area (Å²) in [5, 5.41) is 3.01. The quantitative estimate of drug-likeness (QED) is 0.599. The van der Waals surface area contributed by atoms with Gasteiger partial charge in [0.15, 0.2) is 0 Å². The highest BCUT2D eigenvalue weighted by molar-refractivity contribution is 6.04. The highest BCUT2D eigenvalue weighted by Crippen LogP contribution is 2.27. The molecule has 0 fully saturated rings. The van der Waals surface area contributed by atoms with Crippen molar-refractivity contribution >= 4 is 23.0 Å². The Morgan fingerprint density at radius 1 is 1.04 bits per heavy atom. The van der Waals surface area contributed by atoms with Gasteiger partial charge < -0.3 is 10.2 Å². The number of rotatable bonds is 7. The maximum absolute atomic E-state index is 12.6. The molecular formula is C23H25N3O. The van der Waals surface area contributed by atoms with Gasteiger partial charge in [0, 0.05) is 29.7 Å². The van der Waals surface area contributed by atoms with E-state index in [1.54, 1.807) is 6.20 Å². The molecule has 0 aliphatic heterocycles. The van der Waals surface area contributed by atoms with E-state index in [-0.39, 0.29) is 5.91 Å². The Hall–Kier alpha value is -3.14. The lowest BCUT2D eigenvalue weighted by Crippen LogP contribution is -2.19. The van der Waals surface area contributed by atoms with Crippen molar-refractivity contribution in [3.05, 3.63) is 84.2 Å². The van der Waals surface area contributed by atoms with E-state index >= 15 is 0 Å². The molecule has 0 radical (unpaired) electrons. The van der Waals surface area contributed by atoms with Crippen LogP contribution >= 0.6 is 0 Å². The molecule has 0 atom stereocenters. The van der Waals surface area contributed by atoms with Gasteiger partial charge in [-0.2, -0.15) is 0 Å². The Morgan fingerprint density at radius 2 is 1.85 bits per heavy atom. The van der Waals surface area contributed by atoms with Crippen LogP contribution in [0.2, 0.25) is 0 Å². The molecule has 0 spiro atoms. The number of nitrogens with zero attached hydrogens (tertiary/aromatic N) is 2. The van der Waals surface area contributed by atoms with E-state index in [0.29, 0.717) is 5.56 Å². The van der Waals surface area contributed by atoms with Gasteiger partial charge in [0.1, 0.15) is 0 Å². The van der Waals surface area contributed by atoms with Gasteiger partial charge in [0.2, 0.25) is 0 Å². The fraction of sp³-hybridized carbons (Fsp3) is 0.217. The number of unbranched alkanes of at least 4 members (excludes halogenated alkanes) is 1. The molecule has 0 saturated carbocycles. The predicted molar refractivity (Wildman–Crippen MR) is 112 cm³/mol. The second kappa shape index (κ2) is 8.99. The third kappa shape index (κ3) is 4.94. The van der Waals surface area contributed by atoms with Gasteiger partial charge in [-0.25, -0.2) is 0 Å². The average Bonchev–Trinajstić information content (AvgIpc) is 2.69. The van der Waals surface area contributed by atoms with Crippen molar-refractivity contribution in [3.63, 3.8) is 0 Å². The molecule has 0 bridgehead atoms. The second-order valence-corrected chi connectivity index (χ2v) is 6.59. The van der Waals surface area contributed by atoms with Crippen LogP contribution in [0.1, 0.15) is 35.7 Å². The Morgan fingerprint density at radius 3 is 2.59 bits per heavy atom. The van der Waals surface area contributed by atoms with Crippen LogP contribution in [0.4, 0.5) is 17.1 Å². The highest BCUT2D eigenvalue weighted by Gasteiger charge is 2.11. The van der Waals surface area contributed by atoms with Crippen molar-refractivity contribution in [3.8, 4) is 0 Å². The molecule has 0 aliphatic carbocycles. The van der Waals surface area contributed by atoms with E-state index < -0.39 is 0 Å². The summed E-state index contributed by atoms with van der Waals surface area (Å²) in [6.45, 7) is 5.06. The summed E-state index contributed by atoms with van der Waals surface area (Å²) in [6.07, 6.45) is 5.84. The number of hydrogen-bond donors (Lipinski definition) is 1. The van der Waals surface area contributed by atoms with Crippen LogP contribution in [-0.2, 0) is 0 Å². The minimum Gasteiger partial charge on any atom is -0.340 e. The molecule has 138 valence electrons. The van der Waals surface area contributed by atoms with E-state index in [9.17, 15) is 4.79 Å². The third-order valence-corrected chi connectivity index (χ3v) is 4.39. The van der Waals surface area contributed by atoms with E-state index in [2.05, 4.69) is 34.3 Å². The predicted octanol–water partition coefficient (Wildman–Crippen LogP) is 5.58. The monoisotopic (exact) mass is 359 g/mol. The number of nitrogens with one attached hydrogen (secondary N) is 1. The van der Waals surface area contributed by atoms with E-state index in [0.717, 1.165) is 42.0 Å². The maximum atomic E-state index is 12.6. The van der Waals surface area contributed by atoms with Gasteiger partial charge in [-0.3, -0.25) is 9.78 Å². The van der Waals surface area contributed by atoms with Crippen molar-refractivity contribution in [1.82, 2.24) is 4.98 Å². The SMILES string of the molecule is CCCCN(c1cccnc1)c1cccc(NC(=O)c2cccc(C)c2)c1. The summed E-state index contributed by atoms with van der Waals surface area (Å²) in [5.74, 6) is -0.0997. The first-order chi connectivity index (χ1) is 13.2. The van der Waals surface area contributed by atoms with Crippen molar-refractivity contribution in [1.29, 1.82) is 0 Å². The van der Waals surface area contributed by atoms with Crippen LogP contribution < -0.4 is 10.2 Å². The molecule has 4 nitrogen and oxygen atoms in total. The standard InChI is InChI=1S/C23H25N3O/c1-3-4-14-26(22-12-7-13-24-17-22)21-11-6-10-20(16-21)25-23(27)19-9-5-8-18(2)15-19/h5-13,15-17H,3-4,14H2,1-2H3,(H,25,27). The Kier molecular flexibility index (Phi) is 6.21. The van der Waals surface area contributed by atoms with Crippen LogP contribution in [0.3, 0.4) is 0 Å². The maximum Gasteiger partial charge on any atom is 0.255 e. The van der Waals surface area contributed by atoms with Crippen molar-refractivity contribution in [2.45, 2.75) is 26.7 Å². The summed E-state index contributed by atoms with van der Waals surface area (Å²) >= 11 is 0. The normalized spacial score (nSPS) is 10.4. The Balaban J connectivity index is 1.83. The molecule has 0 unspecified atom stereocenters. The minimum absolute atomic E-state index is 0.0997. The number of amides is 1. The largest absolute Gasteiger partial charge is 0.340 e. The first-order valence-electron chi connectivity index (χ1n) is 9.33. The lowest BCUT2D eigenvalue weighted by atomic mass is 10.1. The summed E-state index contributed by atoms with van der Waals surface area (Å²) in [5.41, 5.74) is 4.60. The number of carbonyl (C=O) groups excluding carboxylic acids is 1. The highest BCUT2D eigenvalue weighted by atomic mass is 16.1. The molecule has 1 amide bonds. The second-order valence-electron chi connectivity index (χ2n) is 6.59. The average molecular weight is 359 g/mol. The van der Waals surface area contributed by atoms with Crippen LogP contribution in [0.15, 0.2) is 73.1 Å². The summed E-state index contributed by atoms with van der Waals surface area (Å²) in [4.78, 5) is 19.0. The molecular weight excluding hydrogens is 334 g/mol. The van der Waals surface area contributed by atoms with Crippen LogP contribution in [0, 0.1) is 6.92 Å². The number of aryl methyl sites for hydroxylation is 1. The zero-order chi connectivity index (χ0) is 19.1. The molecule has 0 aliphatic rings. The van der Waals surface area contributed by atoms with Gasteiger partial charge in [0.05, 0.1) is 11.9 Å². The summed E-state index contributed by atoms with van der Waals surface area (Å²) in [7, 11) is 0. The van der Waals surface area contributed by atoms with E-state index in [4.69, 9.17) is 0 Å². The van der Waals surface area contributed by atoms with Crippen LogP contribution in [0.25, 0.3) is 0 Å². The van der Waals surface area contributed by atoms with Crippen molar-refractivity contribution in [2.24, 2.45) is 0 Å². The topological polar surface area (TPSA) is 45.2 Å². The Labute approximate surface area is 160 Å². The fourth-order valence-electron chi connectivity index (χ4n) is 2.98. The van der Waals surface area contributed by atoms with Gasteiger partial charge in [0.25, 0.3) is 5.91 Å². The van der Waals surface area contributed by atoms with Crippen molar-refractivity contribution in [2.75, 3.05) is 16.8 Å². The van der Waals surface area contributed by atoms with Crippen molar-refractivity contribution < 1.29 is 4.79 Å². The zero-order valence-electron chi connectivity index (χ0n) is 15.9.